The Morgan fingerprint density at radius 2 is 1.88 bits per heavy atom. The molecule has 1 unspecified atom stereocenters. The molecular formula is C11H20N2O4. The zero-order valence-corrected chi connectivity index (χ0v) is 9.98. The third-order valence-electron chi connectivity index (χ3n) is 3.02. The van der Waals surface area contributed by atoms with Crippen molar-refractivity contribution in [2.24, 2.45) is 5.92 Å². The third-order valence-corrected chi connectivity index (χ3v) is 3.02. The number of hydrogen-bond acceptors (Lipinski definition) is 3. The first kappa shape index (κ1) is 13.8. The normalized spacial score (nSPS) is 26.0. The van der Waals surface area contributed by atoms with E-state index in [4.69, 9.17) is 5.11 Å². The summed E-state index contributed by atoms with van der Waals surface area (Å²) in [5, 5.41) is 23.3. The van der Waals surface area contributed by atoms with Crippen LogP contribution in [0.2, 0.25) is 0 Å². The van der Waals surface area contributed by atoms with Crippen LogP contribution in [0.25, 0.3) is 0 Å². The molecule has 1 aliphatic carbocycles. The van der Waals surface area contributed by atoms with E-state index in [9.17, 15) is 14.7 Å². The number of rotatable bonds is 4. The van der Waals surface area contributed by atoms with Crippen molar-refractivity contribution in [3.63, 3.8) is 0 Å². The van der Waals surface area contributed by atoms with Crippen LogP contribution in [0.5, 0.6) is 0 Å². The Labute approximate surface area is 100 Å². The summed E-state index contributed by atoms with van der Waals surface area (Å²) in [6.07, 6.45) is 2.70. The summed E-state index contributed by atoms with van der Waals surface area (Å²) >= 11 is 0. The Morgan fingerprint density at radius 1 is 1.29 bits per heavy atom. The minimum absolute atomic E-state index is 0.0820. The zero-order valence-electron chi connectivity index (χ0n) is 9.98. The van der Waals surface area contributed by atoms with Crippen LogP contribution in [0, 0.1) is 5.92 Å². The van der Waals surface area contributed by atoms with Crippen molar-refractivity contribution in [2.45, 2.75) is 44.8 Å². The second-order valence-electron chi connectivity index (χ2n) is 4.60. The highest BCUT2D eigenvalue weighted by Gasteiger charge is 2.21. The number of aliphatic hydroxyl groups is 1. The van der Waals surface area contributed by atoms with Gasteiger partial charge in [0.05, 0.1) is 12.0 Å². The van der Waals surface area contributed by atoms with Crippen LogP contribution in [-0.2, 0) is 4.79 Å². The molecule has 1 atom stereocenters. The number of hydrogen-bond donors (Lipinski definition) is 4. The minimum atomic E-state index is -0.925. The number of nitrogens with one attached hydrogen (secondary N) is 2. The van der Waals surface area contributed by atoms with Gasteiger partial charge in [-0.05, 0) is 25.7 Å². The van der Waals surface area contributed by atoms with E-state index in [1.165, 1.54) is 0 Å². The molecule has 6 heteroatoms. The lowest BCUT2D eigenvalue weighted by Crippen LogP contribution is -2.45. The van der Waals surface area contributed by atoms with Gasteiger partial charge in [0.2, 0.25) is 0 Å². The Bertz CT molecular complexity index is 275. The first-order valence-corrected chi connectivity index (χ1v) is 5.94. The second kappa shape index (κ2) is 6.44. The van der Waals surface area contributed by atoms with Crippen LogP contribution < -0.4 is 10.6 Å². The summed E-state index contributed by atoms with van der Waals surface area (Å²) in [7, 11) is 0. The van der Waals surface area contributed by atoms with Gasteiger partial charge >= 0.3 is 12.0 Å². The summed E-state index contributed by atoms with van der Waals surface area (Å²) < 4.78 is 0. The van der Waals surface area contributed by atoms with Gasteiger partial charge in [0.15, 0.2) is 0 Å². The molecule has 17 heavy (non-hydrogen) atoms. The number of urea groups is 1. The van der Waals surface area contributed by atoms with Crippen molar-refractivity contribution in [1.29, 1.82) is 0 Å². The fourth-order valence-electron chi connectivity index (χ4n) is 1.79. The molecule has 0 aromatic rings. The van der Waals surface area contributed by atoms with Crippen molar-refractivity contribution >= 4 is 12.0 Å². The topological polar surface area (TPSA) is 98.7 Å². The number of carbonyl (C=O) groups excluding carboxylic acids is 1. The van der Waals surface area contributed by atoms with Crippen LogP contribution in [0.3, 0.4) is 0 Å². The van der Waals surface area contributed by atoms with E-state index in [0.717, 1.165) is 12.8 Å². The van der Waals surface area contributed by atoms with E-state index in [1.54, 1.807) is 6.92 Å². The van der Waals surface area contributed by atoms with Gasteiger partial charge in [-0.2, -0.15) is 0 Å². The molecule has 4 N–H and O–H groups in total. The van der Waals surface area contributed by atoms with Gasteiger partial charge in [0.25, 0.3) is 0 Å². The van der Waals surface area contributed by atoms with E-state index >= 15 is 0 Å². The van der Waals surface area contributed by atoms with Gasteiger partial charge in [-0.3, -0.25) is 4.79 Å². The Kier molecular flexibility index (Phi) is 5.21. The van der Waals surface area contributed by atoms with Gasteiger partial charge in [0, 0.05) is 12.6 Å². The average Bonchev–Trinajstić information content (AvgIpc) is 2.29. The molecule has 0 aromatic carbocycles. The lowest BCUT2D eigenvalue weighted by molar-refractivity contribution is -0.140. The van der Waals surface area contributed by atoms with E-state index in [1.807, 2.05) is 0 Å². The number of carboxylic acid groups (broad SMARTS) is 1. The van der Waals surface area contributed by atoms with Crippen LogP contribution in [0.15, 0.2) is 0 Å². The molecule has 2 amide bonds. The van der Waals surface area contributed by atoms with Crippen molar-refractivity contribution in [1.82, 2.24) is 10.6 Å². The molecule has 1 fully saturated rings. The minimum Gasteiger partial charge on any atom is -0.481 e. The summed E-state index contributed by atoms with van der Waals surface area (Å²) in [4.78, 5) is 22.0. The smallest absolute Gasteiger partial charge is 0.315 e. The zero-order chi connectivity index (χ0) is 12.8. The molecule has 1 aliphatic rings. The first-order valence-electron chi connectivity index (χ1n) is 5.94. The molecule has 0 bridgehead atoms. The van der Waals surface area contributed by atoms with Crippen LogP contribution in [-0.4, -0.2) is 40.9 Å². The van der Waals surface area contributed by atoms with Crippen LogP contribution in [0.4, 0.5) is 4.79 Å². The predicted molar refractivity (Wildman–Crippen MR) is 61.6 cm³/mol. The number of aliphatic hydroxyl groups excluding tert-OH is 1. The highest BCUT2D eigenvalue weighted by molar-refractivity contribution is 5.75. The average molecular weight is 244 g/mol. The Morgan fingerprint density at radius 3 is 2.41 bits per heavy atom. The maximum Gasteiger partial charge on any atom is 0.315 e. The maximum absolute atomic E-state index is 11.4. The molecule has 0 saturated heterocycles. The number of carbonyl (C=O) groups is 2. The molecule has 0 spiro atoms. The van der Waals surface area contributed by atoms with Gasteiger partial charge in [-0.15, -0.1) is 0 Å². The lowest BCUT2D eigenvalue weighted by atomic mass is 9.93. The number of amides is 2. The highest BCUT2D eigenvalue weighted by Crippen LogP contribution is 2.17. The van der Waals surface area contributed by atoms with Crippen molar-refractivity contribution < 1.29 is 19.8 Å². The molecule has 0 radical (unpaired) electrons. The quantitative estimate of drug-likeness (QED) is 0.572. The third kappa shape index (κ3) is 5.04. The molecule has 0 aromatic heterocycles. The van der Waals surface area contributed by atoms with E-state index in [2.05, 4.69) is 10.6 Å². The number of carboxylic acids is 1. The fraction of sp³-hybridized carbons (Fsp3) is 0.818. The summed E-state index contributed by atoms with van der Waals surface area (Å²) in [6, 6.07) is -0.252. The summed E-state index contributed by atoms with van der Waals surface area (Å²) in [6.45, 7) is 1.66. The largest absolute Gasteiger partial charge is 0.481 e. The fourth-order valence-corrected chi connectivity index (χ4v) is 1.79. The maximum atomic E-state index is 11.4. The van der Waals surface area contributed by atoms with Crippen LogP contribution in [0.1, 0.15) is 32.6 Å². The van der Waals surface area contributed by atoms with Crippen LogP contribution >= 0.6 is 0 Å². The molecule has 0 aliphatic heterocycles. The highest BCUT2D eigenvalue weighted by atomic mass is 16.4. The SMILES string of the molecule is CC(CNC(=O)NC1CCC(O)CC1)C(=O)O. The molecule has 1 saturated carbocycles. The van der Waals surface area contributed by atoms with Crippen molar-refractivity contribution in [3.05, 3.63) is 0 Å². The Hall–Kier alpha value is -1.30. The van der Waals surface area contributed by atoms with Crippen molar-refractivity contribution in [2.75, 3.05) is 6.54 Å². The molecule has 6 nitrogen and oxygen atoms in total. The van der Waals surface area contributed by atoms with Gasteiger partial charge < -0.3 is 20.8 Å². The van der Waals surface area contributed by atoms with E-state index in [0.29, 0.717) is 12.8 Å². The number of aliphatic carboxylic acids is 1. The van der Waals surface area contributed by atoms with Gasteiger partial charge in [0.1, 0.15) is 0 Å². The Balaban J connectivity index is 2.19. The second-order valence-corrected chi connectivity index (χ2v) is 4.60. The molecule has 0 heterocycles. The predicted octanol–water partition coefficient (Wildman–Crippen LogP) is 0.310. The summed E-state index contributed by atoms with van der Waals surface area (Å²) in [5.74, 6) is -1.51. The summed E-state index contributed by atoms with van der Waals surface area (Å²) in [5.41, 5.74) is 0. The standard InChI is InChI=1S/C11H20N2O4/c1-7(10(15)16)6-12-11(17)13-8-2-4-9(14)5-3-8/h7-9,14H,2-6H2,1H3,(H,15,16)(H2,12,13,17). The molecule has 1 rings (SSSR count). The monoisotopic (exact) mass is 244 g/mol. The van der Waals surface area contributed by atoms with E-state index in [-0.39, 0.29) is 24.7 Å². The lowest BCUT2D eigenvalue weighted by Gasteiger charge is -2.26. The first-order chi connectivity index (χ1) is 7.99. The van der Waals surface area contributed by atoms with E-state index < -0.39 is 11.9 Å². The van der Waals surface area contributed by atoms with Crippen molar-refractivity contribution in [3.8, 4) is 0 Å². The molecule has 98 valence electrons. The van der Waals surface area contributed by atoms with Gasteiger partial charge in [-0.1, -0.05) is 6.92 Å². The molecular weight excluding hydrogens is 224 g/mol. The van der Waals surface area contributed by atoms with Gasteiger partial charge in [-0.25, -0.2) is 4.79 Å².